The van der Waals surface area contributed by atoms with Gasteiger partial charge in [0.1, 0.15) is 5.75 Å². The van der Waals surface area contributed by atoms with Gasteiger partial charge in [0.2, 0.25) is 0 Å². The van der Waals surface area contributed by atoms with Gasteiger partial charge in [-0.25, -0.2) is 4.98 Å². The Kier molecular flexibility index (Phi) is 5.88. The molecule has 1 amide bonds. The molecule has 2 aromatic carbocycles. The zero-order chi connectivity index (χ0) is 18.2. The summed E-state index contributed by atoms with van der Waals surface area (Å²) in [5.41, 5.74) is 2.53. The predicted molar refractivity (Wildman–Crippen MR) is 102 cm³/mol. The minimum Gasteiger partial charge on any atom is -0.497 e. The maximum absolute atomic E-state index is 12.2. The Hall–Kier alpha value is -3.28. The highest BCUT2D eigenvalue weighted by molar-refractivity contribution is 5.94. The summed E-state index contributed by atoms with van der Waals surface area (Å²) in [4.78, 5) is 16.2. The van der Waals surface area contributed by atoms with Crippen LogP contribution in [0.2, 0.25) is 0 Å². The highest BCUT2D eigenvalue weighted by Crippen LogP contribution is 2.20. The van der Waals surface area contributed by atoms with Gasteiger partial charge >= 0.3 is 0 Å². The Bertz CT molecular complexity index is 812. The molecule has 0 aliphatic heterocycles. The van der Waals surface area contributed by atoms with Crippen molar-refractivity contribution < 1.29 is 9.53 Å². The van der Waals surface area contributed by atoms with Gasteiger partial charge in [-0.1, -0.05) is 0 Å². The highest BCUT2D eigenvalue weighted by Gasteiger charge is 2.05. The number of nitrogens with one attached hydrogen (secondary N) is 2. The molecule has 134 valence electrons. The van der Waals surface area contributed by atoms with Crippen molar-refractivity contribution in [1.29, 1.82) is 0 Å². The van der Waals surface area contributed by atoms with Crippen molar-refractivity contribution in [2.75, 3.05) is 19.0 Å². The number of aromatic nitrogens is 2. The molecular weight excluding hydrogens is 328 g/mol. The van der Waals surface area contributed by atoms with Gasteiger partial charge in [0.25, 0.3) is 5.91 Å². The van der Waals surface area contributed by atoms with E-state index in [9.17, 15) is 4.79 Å². The number of methoxy groups -OCH3 is 1. The van der Waals surface area contributed by atoms with Crippen molar-refractivity contribution in [2.45, 2.75) is 13.0 Å². The number of aryl methyl sites for hydroxylation is 1. The number of imidazole rings is 1. The maximum Gasteiger partial charge on any atom is 0.251 e. The standard InChI is InChI=1S/C20H22N4O2/c1-26-19-9-7-18(8-10-19)23-17-5-3-16(4-6-17)20(25)22-11-2-13-24-14-12-21-15-24/h3-10,12,14-15,23H,2,11,13H2,1H3,(H,22,25). The Balaban J connectivity index is 1.47. The minimum atomic E-state index is -0.0633. The van der Waals surface area contributed by atoms with Gasteiger partial charge in [-0.15, -0.1) is 0 Å². The highest BCUT2D eigenvalue weighted by atomic mass is 16.5. The lowest BCUT2D eigenvalue weighted by molar-refractivity contribution is 0.0953. The van der Waals surface area contributed by atoms with E-state index in [1.807, 2.05) is 59.3 Å². The summed E-state index contributed by atoms with van der Waals surface area (Å²) in [6.45, 7) is 1.47. The molecule has 1 heterocycles. The zero-order valence-electron chi connectivity index (χ0n) is 14.7. The fraction of sp³-hybridized carbons (Fsp3) is 0.200. The van der Waals surface area contributed by atoms with Crippen LogP contribution in [0.5, 0.6) is 5.75 Å². The van der Waals surface area contributed by atoms with Crippen LogP contribution in [0.4, 0.5) is 11.4 Å². The molecule has 0 spiro atoms. The Morgan fingerprint density at radius 3 is 2.38 bits per heavy atom. The second kappa shape index (κ2) is 8.71. The number of benzene rings is 2. The van der Waals surface area contributed by atoms with Crippen molar-refractivity contribution in [2.24, 2.45) is 0 Å². The smallest absolute Gasteiger partial charge is 0.251 e. The first-order valence-electron chi connectivity index (χ1n) is 8.50. The number of rotatable bonds is 8. The lowest BCUT2D eigenvalue weighted by atomic mass is 10.2. The summed E-state index contributed by atoms with van der Waals surface area (Å²) in [5, 5.41) is 6.23. The summed E-state index contributed by atoms with van der Waals surface area (Å²) >= 11 is 0. The van der Waals surface area contributed by atoms with E-state index in [0.29, 0.717) is 12.1 Å². The quantitative estimate of drug-likeness (QED) is 0.611. The maximum atomic E-state index is 12.2. The van der Waals surface area contributed by atoms with Crippen LogP contribution in [0.15, 0.2) is 67.3 Å². The first-order valence-corrected chi connectivity index (χ1v) is 8.50. The fourth-order valence-electron chi connectivity index (χ4n) is 2.53. The number of anilines is 2. The van der Waals surface area contributed by atoms with E-state index in [0.717, 1.165) is 30.1 Å². The van der Waals surface area contributed by atoms with Crippen LogP contribution in [-0.4, -0.2) is 29.1 Å². The minimum absolute atomic E-state index is 0.0633. The third-order valence-corrected chi connectivity index (χ3v) is 3.96. The summed E-state index contributed by atoms with van der Waals surface area (Å²) in [7, 11) is 1.64. The van der Waals surface area contributed by atoms with Gasteiger partial charge in [-0.05, 0) is 55.0 Å². The van der Waals surface area contributed by atoms with Gasteiger partial charge in [-0.2, -0.15) is 0 Å². The van der Waals surface area contributed by atoms with Gasteiger partial charge in [0, 0.05) is 42.4 Å². The molecule has 2 N–H and O–H groups in total. The lowest BCUT2D eigenvalue weighted by Gasteiger charge is -2.09. The monoisotopic (exact) mass is 350 g/mol. The molecule has 3 rings (SSSR count). The Morgan fingerprint density at radius 1 is 1.08 bits per heavy atom. The first-order chi connectivity index (χ1) is 12.7. The van der Waals surface area contributed by atoms with E-state index in [-0.39, 0.29) is 5.91 Å². The Labute approximate surface area is 152 Å². The molecule has 0 aliphatic rings. The van der Waals surface area contributed by atoms with Crippen molar-refractivity contribution in [3.05, 3.63) is 72.8 Å². The van der Waals surface area contributed by atoms with Crippen LogP contribution in [0.1, 0.15) is 16.8 Å². The van der Waals surface area contributed by atoms with Crippen LogP contribution >= 0.6 is 0 Å². The van der Waals surface area contributed by atoms with E-state index in [4.69, 9.17) is 4.74 Å². The van der Waals surface area contributed by atoms with E-state index in [1.54, 1.807) is 19.6 Å². The molecule has 0 unspecified atom stereocenters. The second-order valence-corrected chi connectivity index (χ2v) is 5.84. The van der Waals surface area contributed by atoms with E-state index in [2.05, 4.69) is 15.6 Å². The van der Waals surface area contributed by atoms with Crippen molar-refractivity contribution in [1.82, 2.24) is 14.9 Å². The summed E-state index contributed by atoms with van der Waals surface area (Å²) < 4.78 is 7.14. The molecule has 6 nitrogen and oxygen atoms in total. The number of ether oxygens (including phenoxy) is 1. The largest absolute Gasteiger partial charge is 0.497 e. The first kappa shape index (κ1) is 17.5. The van der Waals surface area contributed by atoms with E-state index < -0.39 is 0 Å². The lowest BCUT2D eigenvalue weighted by Crippen LogP contribution is -2.25. The number of hydrogen-bond donors (Lipinski definition) is 2. The summed E-state index contributed by atoms with van der Waals surface area (Å²) in [5.74, 6) is 0.752. The molecule has 1 aromatic heterocycles. The molecule has 3 aromatic rings. The molecule has 0 bridgehead atoms. The second-order valence-electron chi connectivity index (χ2n) is 5.84. The Morgan fingerprint density at radius 2 is 1.77 bits per heavy atom. The van der Waals surface area contributed by atoms with E-state index in [1.165, 1.54) is 0 Å². The number of carbonyl (C=O) groups excluding carboxylic acids is 1. The van der Waals surface area contributed by atoms with Crippen LogP contribution in [-0.2, 0) is 6.54 Å². The number of hydrogen-bond acceptors (Lipinski definition) is 4. The number of nitrogens with zero attached hydrogens (tertiary/aromatic N) is 2. The fourth-order valence-corrected chi connectivity index (χ4v) is 2.53. The third kappa shape index (κ3) is 4.86. The van der Waals surface area contributed by atoms with Crippen LogP contribution in [0.25, 0.3) is 0 Å². The van der Waals surface area contributed by atoms with E-state index >= 15 is 0 Å². The molecule has 26 heavy (non-hydrogen) atoms. The molecule has 0 saturated heterocycles. The van der Waals surface area contributed by atoms with Crippen LogP contribution in [0.3, 0.4) is 0 Å². The van der Waals surface area contributed by atoms with Crippen LogP contribution < -0.4 is 15.4 Å². The topological polar surface area (TPSA) is 68.2 Å². The van der Waals surface area contributed by atoms with Gasteiger partial charge in [0.15, 0.2) is 0 Å². The molecule has 0 aliphatic carbocycles. The molecule has 0 saturated carbocycles. The van der Waals surface area contributed by atoms with Gasteiger partial charge < -0.3 is 19.9 Å². The number of carbonyl (C=O) groups is 1. The summed E-state index contributed by atoms with van der Waals surface area (Å²) in [6, 6.07) is 15.1. The predicted octanol–water partition coefficient (Wildman–Crippen LogP) is 3.46. The van der Waals surface area contributed by atoms with Crippen LogP contribution in [0, 0.1) is 0 Å². The number of amides is 1. The van der Waals surface area contributed by atoms with Crippen molar-refractivity contribution in [3.63, 3.8) is 0 Å². The molecule has 0 fully saturated rings. The molecule has 0 radical (unpaired) electrons. The average Bonchev–Trinajstić information content (AvgIpc) is 3.20. The van der Waals surface area contributed by atoms with Crippen molar-refractivity contribution >= 4 is 17.3 Å². The SMILES string of the molecule is COc1ccc(Nc2ccc(C(=O)NCCCn3ccnc3)cc2)cc1. The summed E-state index contributed by atoms with van der Waals surface area (Å²) in [6.07, 6.45) is 6.30. The van der Waals surface area contributed by atoms with Gasteiger partial charge in [-0.3, -0.25) is 4.79 Å². The molecule has 0 atom stereocenters. The zero-order valence-corrected chi connectivity index (χ0v) is 14.7. The van der Waals surface area contributed by atoms with Crippen molar-refractivity contribution in [3.8, 4) is 5.75 Å². The molecule has 6 heteroatoms. The average molecular weight is 350 g/mol. The normalized spacial score (nSPS) is 10.3. The third-order valence-electron chi connectivity index (χ3n) is 3.96. The van der Waals surface area contributed by atoms with Gasteiger partial charge in [0.05, 0.1) is 13.4 Å². The molecular formula is C20H22N4O2.